The van der Waals surface area contributed by atoms with Crippen LogP contribution in [0.4, 0.5) is 4.79 Å². The molecule has 1 aromatic carbocycles. The van der Waals surface area contributed by atoms with Crippen LogP contribution < -0.4 is 5.32 Å². The normalized spacial score (nSPS) is 21.0. The molecule has 6 heteroatoms. The number of hydrogen-bond donors (Lipinski definition) is 2. The van der Waals surface area contributed by atoms with E-state index in [1.807, 2.05) is 13.1 Å². The van der Waals surface area contributed by atoms with E-state index in [1.165, 1.54) is 32.1 Å². The predicted octanol–water partition coefficient (Wildman–Crippen LogP) is 2.48. The van der Waals surface area contributed by atoms with Gasteiger partial charge in [-0.1, -0.05) is 31.4 Å². The topological polar surface area (TPSA) is 59.0 Å². The standard InChI is InChI=1S/C21H34N4O2/c1-23-11-13-25(14-12-23)21(9-4-3-5-10-21)17-22-20(27)24(2)16-18-7-6-8-19(26)15-18/h6-8,15,26H,3-5,9-14,16-17H2,1-2H3,(H,22,27). The first kappa shape index (κ1) is 20.0. The van der Waals surface area contributed by atoms with E-state index in [0.717, 1.165) is 38.3 Å². The van der Waals surface area contributed by atoms with Crippen molar-refractivity contribution < 1.29 is 9.90 Å². The number of carbonyl (C=O) groups is 1. The van der Waals surface area contributed by atoms with Gasteiger partial charge in [0.2, 0.25) is 0 Å². The highest BCUT2D eigenvalue weighted by molar-refractivity contribution is 5.74. The van der Waals surface area contributed by atoms with Gasteiger partial charge >= 0.3 is 6.03 Å². The highest BCUT2D eigenvalue weighted by Crippen LogP contribution is 2.34. The molecular weight excluding hydrogens is 340 g/mol. The molecule has 6 nitrogen and oxygen atoms in total. The van der Waals surface area contributed by atoms with Crippen molar-refractivity contribution >= 4 is 6.03 Å². The van der Waals surface area contributed by atoms with Crippen LogP contribution in [0.1, 0.15) is 37.7 Å². The zero-order valence-electron chi connectivity index (χ0n) is 16.8. The third kappa shape index (κ3) is 5.14. The molecule has 1 saturated heterocycles. The van der Waals surface area contributed by atoms with Crippen molar-refractivity contribution in [2.75, 3.05) is 46.8 Å². The van der Waals surface area contributed by atoms with Gasteiger partial charge in [-0.15, -0.1) is 0 Å². The summed E-state index contributed by atoms with van der Waals surface area (Å²) in [6, 6.07) is 7.04. The van der Waals surface area contributed by atoms with Gasteiger partial charge in [0.25, 0.3) is 0 Å². The molecule has 0 unspecified atom stereocenters. The van der Waals surface area contributed by atoms with Crippen molar-refractivity contribution in [3.63, 3.8) is 0 Å². The number of benzene rings is 1. The second kappa shape index (κ2) is 8.93. The molecule has 2 fully saturated rings. The lowest BCUT2D eigenvalue weighted by Gasteiger charge is -2.49. The lowest BCUT2D eigenvalue weighted by Crippen LogP contribution is -2.62. The number of phenols is 1. The van der Waals surface area contributed by atoms with Gasteiger partial charge < -0.3 is 20.2 Å². The second-order valence-electron chi connectivity index (χ2n) is 8.26. The summed E-state index contributed by atoms with van der Waals surface area (Å²) in [6.07, 6.45) is 6.16. The van der Waals surface area contributed by atoms with Gasteiger partial charge in [-0.05, 0) is 37.6 Å². The first-order valence-corrected chi connectivity index (χ1v) is 10.2. The molecular formula is C21H34N4O2. The highest BCUT2D eigenvalue weighted by atomic mass is 16.3. The number of nitrogens with zero attached hydrogens (tertiary/aromatic N) is 3. The maximum Gasteiger partial charge on any atom is 0.317 e. The van der Waals surface area contributed by atoms with E-state index in [0.29, 0.717) is 6.54 Å². The number of amides is 2. The molecule has 2 N–H and O–H groups in total. The van der Waals surface area contributed by atoms with Crippen LogP contribution in [0, 0.1) is 0 Å². The fraction of sp³-hybridized carbons (Fsp3) is 0.667. The summed E-state index contributed by atoms with van der Waals surface area (Å²) in [7, 11) is 3.99. The monoisotopic (exact) mass is 374 g/mol. The number of phenolic OH excluding ortho intramolecular Hbond substituents is 1. The van der Waals surface area contributed by atoms with Gasteiger partial charge in [0.15, 0.2) is 0 Å². The Balaban J connectivity index is 1.58. The molecule has 0 radical (unpaired) electrons. The molecule has 0 spiro atoms. The van der Waals surface area contributed by atoms with Crippen LogP contribution in [-0.4, -0.2) is 78.2 Å². The van der Waals surface area contributed by atoms with Crippen molar-refractivity contribution in [3.05, 3.63) is 29.8 Å². The maximum absolute atomic E-state index is 12.7. The van der Waals surface area contributed by atoms with E-state index >= 15 is 0 Å². The lowest BCUT2D eigenvalue weighted by molar-refractivity contribution is 0.0148. The first-order valence-electron chi connectivity index (χ1n) is 10.2. The van der Waals surface area contributed by atoms with Crippen LogP contribution in [0.15, 0.2) is 24.3 Å². The minimum atomic E-state index is -0.0441. The largest absolute Gasteiger partial charge is 0.508 e. The molecule has 2 amide bonds. The van der Waals surface area contributed by atoms with E-state index in [1.54, 1.807) is 23.1 Å². The summed E-state index contributed by atoms with van der Waals surface area (Å²) in [6.45, 7) is 5.60. The van der Waals surface area contributed by atoms with Gasteiger partial charge in [0.1, 0.15) is 5.75 Å². The Bertz CT molecular complexity index is 622. The quantitative estimate of drug-likeness (QED) is 0.831. The Morgan fingerprint density at radius 2 is 1.89 bits per heavy atom. The minimum absolute atomic E-state index is 0.0441. The smallest absolute Gasteiger partial charge is 0.317 e. The molecule has 0 atom stereocenters. The van der Waals surface area contributed by atoms with Crippen LogP contribution in [0.5, 0.6) is 5.75 Å². The third-order valence-electron chi connectivity index (χ3n) is 6.20. The number of likely N-dealkylation sites (N-methyl/N-ethyl adjacent to an activating group) is 1. The van der Waals surface area contributed by atoms with Gasteiger partial charge in [0, 0.05) is 51.9 Å². The van der Waals surface area contributed by atoms with Crippen molar-refractivity contribution in [2.24, 2.45) is 0 Å². The van der Waals surface area contributed by atoms with Gasteiger partial charge in [-0.2, -0.15) is 0 Å². The molecule has 27 heavy (non-hydrogen) atoms. The number of urea groups is 1. The van der Waals surface area contributed by atoms with E-state index in [9.17, 15) is 9.90 Å². The molecule has 1 aliphatic carbocycles. The van der Waals surface area contributed by atoms with Crippen molar-refractivity contribution in [1.82, 2.24) is 20.0 Å². The Hall–Kier alpha value is -1.79. The summed E-state index contributed by atoms with van der Waals surface area (Å²) in [4.78, 5) is 19.4. The number of carbonyl (C=O) groups excluding carboxylic acids is 1. The molecule has 1 aliphatic heterocycles. The summed E-state index contributed by atoms with van der Waals surface area (Å²) >= 11 is 0. The minimum Gasteiger partial charge on any atom is -0.508 e. The number of piperazine rings is 1. The van der Waals surface area contributed by atoms with Crippen LogP contribution >= 0.6 is 0 Å². The summed E-state index contributed by atoms with van der Waals surface area (Å²) < 4.78 is 0. The molecule has 1 aromatic rings. The average molecular weight is 375 g/mol. The Morgan fingerprint density at radius 1 is 1.19 bits per heavy atom. The van der Waals surface area contributed by atoms with Crippen molar-refractivity contribution in [1.29, 1.82) is 0 Å². The summed E-state index contributed by atoms with van der Waals surface area (Å²) in [5, 5.41) is 12.8. The molecule has 1 saturated carbocycles. The first-order chi connectivity index (χ1) is 13.0. The van der Waals surface area contributed by atoms with E-state index < -0.39 is 0 Å². The SMILES string of the molecule is CN1CCN(C2(CNC(=O)N(C)Cc3cccc(O)c3)CCCCC2)CC1. The zero-order valence-corrected chi connectivity index (χ0v) is 16.8. The fourth-order valence-electron chi connectivity index (χ4n) is 4.47. The molecule has 0 aromatic heterocycles. The van der Waals surface area contributed by atoms with E-state index in [-0.39, 0.29) is 17.3 Å². The number of hydrogen-bond acceptors (Lipinski definition) is 4. The average Bonchev–Trinajstić information content (AvgIpc) is 2.67. The Morgan fingerprint density at radius 3 is 2.56 bits per heavy atom. The van der Waals surface area contributed by atoms with E-state index in [2.05, 4.69) is 22.2 Å². The fourth-order valence-corrected chi connectivity index (χ4v) is 4.47. The van der Waals surface area contributed by atoms with Crippen LogP contribution in [0.25, 0.3) is 0 Å². The second-order valence-corrected chi connectivity index (χ2v) is 8.26. The van der Waals surface area contributed by atoms with E-state index in [4.69, 9.17) is 0 Å². The van der Waals surface area contributed by atoms with Crippen molar-refractivity contribution in [3.8, 4) is 5.75 Å². The Kier molecular flexibility index (Phi) is 6.60. The molecule has 1 heterocycles. The number of nitrogens with one attached hydrogen (secondary N) is 1. The zero-order chi connectivity index (χ0) is 19.3. The number of aromatic hydroxyl groups is 1. The predicted molar refractivity (Wildman–Crippen MR) is 108 cm³/mol. The van der Waals surface area contributed by atoms with Crippen LogP contribution in [0.2, 0.25) is 0 Å². The molecule has 3 rings (SSSR count). The molecule has 0 bridgehead atoms. The van der Waals surface area contributed by atoms with Crippen molar-refractivity contribution in [2.45, 2.75) is 44.2 Å². The maximum atomic E-state index is 12.7. The highest BCUT2D eigenvalue weighted by Gasteiger charge is 2.39. The van der Waals surface area contributed by atoms with Crippen LogP contribution in [0.3, 0.4) is 0 Å². The number of rotatable bonds is 5. The van der Waals surface area contributed by atoms with Crippen LogP contribution in [-0.2, 0) is 6.54 Å². The lowest BCUT2D eigenvalue weighted by atomic mass is 9.79. The third-order valence-corrected chi connectivity index (χ3v) is 6.20. The summed E-state index contributed by atoms with van der Waals surface area (Å²) in [5.74, 6) is 0.234. The van der Waals surface area contributed by atoms with Gasteiger partial charge in [0.05, 0.1) is 0 Å². The van der Waals surface area contributed by atoms with Gasteiger partial charge in [-0.3, -0.25) is 4.90 Å². The summed E-state index contributed by atoms with van der Waals surface area (Å²) in [5.41, 5.74) is 1.04. The molecule has 2 aliphatic rings. The molecule has 150 valence electrons. The Labute approximate surface area is 163 Å². The van der Waals surface area contributed by atoms with Gasteiger partial charge in [-0.25, -0.2) is 4.79 Å².